The molecule has 0 aliphatic heterocycles. The lowest BCUT2D eigenvalue weighted by Gasteiger charge is -2.26. The number of aliphatic hydroxyl groups excluding tert-OH is 1. The van der Waals surface area contributed by atoms with Crippen molar-refractivity contribution in [2.75, 3.05) is 6.61 Å². The normalized spacial score (nSPS) is 14.6. The van der Waals surface area contributed by atoms with Gasteiger partial charge in [-0.2, -0.15) is 0 Å². The maximum atomic E-state index is 13.2. The fraction of sp³-hybridized carbons (Fsp3) is 0.583. The number of phenols is 1. The van der Waals surface area contributed by atoms with Crippen LogP contribution in [0.15, 0.2) is 24.3 Å². The van der Waals surface area contributed by atoms with E-state index in [1.54, 1.807) is 12.1 Å². The number of nitrogens with two attached hydrogens (primary N) is 1. The second-order valence-corrected chi connectivity index (χ2v) is 9.44. The summed E-state index contributed by atoms with van der Waals surface area (Å²) in [5.74, 6) is -3.18. The molecule has 3 amide bonds. The highest BCUT2D eigenvalue weighted by Crippen LogP contribution is 2.13. The largest absolute Gasteiger partial charge is 0.508 e. The van der Waals surface area contributed by atoms with Gasteiger partial charge in [-0.25, -0.2) is 4.79 Å². The van der Waals surface area contributed by atoms with Crippen LogP contribution in [0.25, 0.3) is 0 Å². The summed E-state index contributed by atoms with van der Waals surface area (Å²) in [7, 11) is 0. The molecule has 0 bridgehead atoms. The van der Waals surface area contributed by atoms with Gasteiger partial charge in [0.1, 0.15) is 29.9 Å². The van der Waals surface area contributed by atoms with Crippen LogP contribution < -0.4 is 21.7 Å². The highest BCUT2D eigenvalue weighted by atomic mass is 16.4. The van der Waals surface area contributed by atoms with Crippen LogP contribution in [-0.4, -0.2) is 69.8 Å². The van der Waals surface area contributed by atoms with Gasteiger partial charge in [-0.1, -0.05) is 39.8 Å². The van der Waals surface area contributed by atoms with E-state index in [2.05, 4.69) is 16.0 Å². The molecule has 1 aromatic rings. The second kappa shape index (κ2) is 14.3. The fourth-order valence-electron chi connectivity index (χ4n) is 3.38. The molecule has 196 valence electrons. The average molecular weight is 495 g/mol. The Morgan fingerprint density at radius 1 is 0.800 bits per heavy atom. The first-order chi connectivity index (χ1) is 16.3. The number of amides is 3. The molecule has 0 aliphatic carbocycles. The Kier molecular flexibility index (Phi) is 12.2. The van der Waals surface area contributed by atoms with Gasteiger partial charge in [0.25, 0.3) is 0 Å². The van der Waals surface area contributed by atoms with E-state index in [1.807, 2.05) is 27.7 Å². The number of aromatic hydroxyl groups is 1. The number of benzene rings is 1. The molecule has 11 heteroatoms. The van der Waals surface area contributed by atoms with Crippen LogP contribution in [0.5, 0.6) is 5.75 Å². The molecule has 4 unspecified atom stereocenters. The highest BCUT2D eigenvalue weighted by Gasteiger charge is 2.31. The van der Waals surface area contributed by atoms with Gasteiger partial charge in [0.05, 0.1) is 6.61 Å². The summed E-state index contributed by atoms with van der Waals surface area (Å²) in [6.45, 7) is 6.76. The van der Waals surface area contributed by atoms with Crippen molar-refractivity contribution in [2.24, 2.45) is 17.6 Å². The predicted molar refractivity (Wildman–Crippen MR) is 129 cm³/mol. The van der Waals surface area contributed by atoms with Crippen LogP contribution in [0.2, 0.25) is 0 Å². The van der Waals surface area contributed by atoms with Gasteiger partial charge < -0.3 is 37.0 Å². The van der Waals surface area contributed by atoms with Gasteiger partial charge in [-0.3, -0.25) is 14.4 Å². The number of rotatable bonds is 14. The van der Waals surface area contributed by atoms with Crippen molar-refractivity contribution < 1.29 is 34.5 Å². The van der Waals surface area contributed by atoms with Crippen LogP contribution in [0.1, 0.15) is 46.1 Å². The van der Waals surface area contributed by atoms with Crippen LogP contribution in [-0.2, 0) is 25.6 Å². The van der Waals surface area contributed by atoms with Crippen LogP contribution >= 0.6 is 0 Å². The summed E-state index contributed by atoms with van der Waals surface area (Å²) < 4.78 is 0. The molecule has 35 heavy (non-hydrogen) atoms. The molecule has 1 aromatic carbocycles. The Hall–Kier alpha value is -3.18. The molecule has 11 nitrogen and oxygen atoms in total. The van der Waals surface area contributed by atoms with E-state index in [4.69, 9.17) is 5.73 Å². The van der Waals surface area contributed by atoms with E-state index in [0.717, 1.165) is 0 Å². The third-order valence-corrected chi connectivity index (χ3v) is 5.20. The van der Waals surface area contributed by atoms with E-state index in [1.165, 1.54) is 12.1 Å². The van der Waals surface area contributed by atoms with Gasteiger partial charge in [0.2, 0.25) is 17.7 Å². The van der Waals surface area contributed by atoms with Crippen LogP contribution in [0.4, 0.5) is 0 Å². The Morgan fingerprint density at radius 3 is 1.74 bits per heavy atom. The fourth-order valence-corrected chi connectivity index (χ4v) is 3.38. The number of phenolic OH excluding ortho intramolecular Hbond substituents is 1. The summed E-state index contributed by atoms with van der Waals surface area (Å²) in [6.07, 6.45) is 0.487. The van der Waals surface area contributed by atoms with Gasteiger partial charge in [-0.15, -0.1) is 0 Å². The van der Waals surface area contributed by atoms with Gasteiger partial charge in [0, 0.05) is 6.42 Å². The molecule has 4 atom stereocenters. The molecule has 0 saturated heterocycles. The van der Waals surface area contributed by atoms with Gasteiger partial charge in [-0.05, 0) is 42.4 Å². The van der Waals surface area contributed by atoms with Gasteiger partial charge >= 0.3 is 5.97 Å². The third kappa shape index (κ3) is 10.7. The van der Waals surface area contributed by atoms with Gasteiger partial charge in [0.15, 0.2) is 0 Å². The first-order valence-corrected chi connectivity index (χ1v) is 11.6. The number of carbonyl (C=O) groups excluding carboxylic acids is 3. The first-order valence-electron chi connectivity index (χ1n) is 11.6. The highest BCUT2D eigenvalue weighted by molar-refractivity contribution is 5.94. The molecule has 1 rings (SSSR count). The quantitative estimate of drug-likeness (QED) is 0.186. The number of hydrogen-bond acceptors (Lipinski definition) is 7. The standard InChI is InChI=1S/C24H38N4O7/c1-13(2)9-18(22(32)28-20(24(34)35)10-14(3)4)27-23(33)19(26-21(31)17(25)12-29)11-15-5-7-16(30)8-6-15/h5-8,13-14,17-20,29-30H,9-12,25H2,1-4H3,(H,26,31)(H,27,33)(H,28,32)(H,34,35). The molecule has 0 radical (unpaired) electrons. The zero-order valence-corrected chi connectivity index (χ0v) is 20.7. The predicted octanol–water partition coefficient (Wildman–Crippen LogP) is -0.114. The maximum absolute atomic E-state index is 13.2. The lowest BCUT2D eigenvalue weighted by Crippen LogP contribution is -2.58. The molecule has 0 aliphatic rings. The van der Waals surface area contributed by atoms with E-state index >= 15 is 0 Å². The molecule has 0 saturated carbocycles. The van der Waals surface area contributed by atoms with Crippen molar-refractivity contribution in [3.63, 3.8) is 0 Å². The average Bonchev–Trinajstić information content (AvgIpc) is 2.77. The Labute approximate surface area is 205 Å². The maximum Gasteiger partial charge on any atom is 0.326 e. The number of aliphatic carboxylic acids is 1. The molecular formula is C24H38N4O7. The summed E-state index contributed by atoms with van der Waals surface area (Å²) in [5.41, 5.74) is 6.19. The summed E-state index contributed by atoms with van der Waals surface area (Å²) in [5, 5.41) is 35.8. The third-order valence-electron chi connectivity index (χ3n) is 5.20. The smallest absolute Gasteiger partial charge is 0.326 e. The van der Waals surface area contributed by atoms with E-state index in [-0.39, 0.29) is 36.8 Å². The van der Waals surface area contributed by atoms with Crippen molar-refractivity contribution in [1.29, 1.82) is 0 Å². The summed E-state index contributed by atoms with van der Waals surface area (Å²) in [4.78, 5) is 50.0. The van der Waals surface area contributed by atoms with Crippen molar-refractivity contribution >= 4 is 23.7 Å². The molecule has 0 heterocycles. The Morgan fingerprint density at radius 2 is 1.26 bits per heavy atom. The SMILES string of the molecule is CC(C)CC(NC(=O)C(CC(C)C)NC(=O)C(Cc1ccc(O)cc1)NC(=O)C(N)CO)C(=O)O. The number of aliphatic hydroxyl groups is 1. The zero-order valence-electron chi connectivity index (χ0n) is 20.7. The minimum atomic E-state index is -1.24. The molecule has 8 N–H and O–H groups in total. The number of carbonyl (C=O) groups is 4. The molecule has 0 fully saturated rings. The Balaban J connectivity index is 3.11. The number of carboxylic acids is 1. The molecular weight excluding hydrogens is 456 g/mol. The number of hydrogen-bond donors (Lipinski definition) is 7. The van der Waals surface area contributed by atoms with E-state index in [9.17, 15) is 34.5 Å². The Bertz CT molecular complexity index is 858. The second-order valence-electron chi connectivity index (χ2n) is 9.44. The zero-order chi connectivity index (χ0) is 26.7. The topological polar surface area (TPSA) is 191 Å². The lowest BCUT2D eigenvalue weighted by molar-refractivity contribution is -0.143. The van der Waals surface area contributed by atoms with Crippen molar-refractivity contribution in [2.45, 2.75) is 71.1 Å². The minimum absolute atomic E-state index is 0.00706. The molecule has 0 spiro atoms. The minimum Gasteiger partial charge on any atom is -0.508 e. The van der Waals surface area contributed by atoms with Crippen LogP contribution in [0, 0.1) is 11.8 Å². The van der Waals surface area contributed by atoms with E-state index < -0.39 is 54.5 Å². The van der Waals surface area contributed by atoms with Crippen LogP contribution in [0.3, 0.4) is 0 Å². The summed E-state index contributed by atoms with van der Waals surface area (Å²) >= 11 is 0. The summed E-state index contributed by atoms with van der Waals surface area (Å²) in [6, 6.07) is 1.49. The van der Waals surface area contributed by atoms with E-state index in [0.29, 0.717) is 5.56 Å². The number of carboxylic acid groups (broad SMARTS) is 1. The lowest BCUT2D eigenvalue weighted by atomic mass is 9.99. The number of nitrogens with one attached hydrogen (secondary N) is 3. The monoisotopic (exact) mass is 494 g/mol. The first kappa shape index (κ1) is 29.9. The van der Waals surface area contributed by atoms with Crippen molar-refractivity contribution in [3.8, 4) is 5.75 Å². The van der Waals surface area contributed by atoms with Crippen molar-refractivity contribution in [3.05, 3.63) is 29.8 Å². The molecule has 0 aromatic heterocycles. The van der Waals surface area contributed by atoms with Crippen molar-refractivity contribution in [1.82, 2.24) is 16.0 Å².